The summed E-state index contributed by atoms with van der Waals surface area (Å²) in [6, 6.07) is 63.2. The lowest BCUT2D eigenvalue weighted by molar-refractivity contribution is 1.26. The second-order valence-electron chi connectivity index (χ2n) is 11.4. The zero-order valence-corrected chi connectivity index (χ0v) is 26.1. The van der Waals surface area contributed by atoms with Gasteiger partial charge in [0, 0.05) is 28.7 Å². The Balaban J connectivity index is 1.43. The predicted molar refractivity (Wildman–Crippen MR) is 192 cm³/mol. The van der Waals surface area contributed by atoms with Gasteiger partial charge in [-0.25, -0.2) is 4.98 Å². The molecule has 0 fully saturated rings. The summed E-state index contributed by atoms with van der Waals surface area (Å²) in [5, 5.41) is 15.4. The third kappa shape index (κ3) is 4.22. The van der Waals surface area contributed by atoms with Gasteiger partial charge in [0.15, 0.2) is 8.07 Å². The highest BCUT2D eigenvalue weighted by atomic mass is 28.3. The predicted octanol–water partition coefficient (Wildman–Crippen LogP) is 7.45. The topological polar surface area (TPSA) is 39.9 Å². The summed E-state index contributed by atoms with van der Waals surface area (Å²) < 4.78 is 0. The van der Waals surface area contributed by atoms with E-state index in [4.69, 9.17) is 0 Å². The molecule has 6 aromatic carbocycles. The van der Waals surface area contributed by atoms with Crippen LogP contribution < -0.4 is 25.6 Å². The number of para-hydroxylation sites is 3. The van der Waals surface area contributed by atoms with E-state index in [0.717, 1.165) is 27.9 Å². The Bertz CT molecular complexity index is 2150. The van der Waals surface area contributed by atoms with Crippen LogP contribution in [0.3, 0.4) is 0 Å². The van der Waals surface area contributed by atoms with E-state index in [9.17, 15) is 5.26 Å². The number of aromatic nitrogens is 1. The molecule has 0 saturated carbocycles. The Morgan fingerprint density at radius 2 is 0.870 bits per heavy atom. The number of benzene rings is 6. The fraction of sp³-hybridized carbons (Fsp3) is 0. The number of hydrogen-bond donors (Lipinski definition) is 0. The maximum absolute atomic E-state index is 9.94. The van der Waals surface area contributed by atoms with E-state index in [1.165, 1.54) is 32.1 Å². The van der Waals surface area contributed by atoms with Crippen LogP contribution in [0.25, 0.3) is 22.3 Å². The van der Waals surface area contributed by atoms with E-state index < -0.39 is 8.07 Å². The number of hydrogen-bond acceptors (Lipinski definition) is 3. The van der Waals surface area contributed by atoms with Crippen molar-refractivity contribution in [3.8, 4) is 28.3 Å². The van der Waals surface area contributed by atoms with Crippen molar-refractivity contribution in [3.63, 3.8) is 0 Å². The van der Waals surface area contributed by atoms with E-state index in [2.05, 4.69) is 168 Å². The molecule has 1 aromatic heterocycles. The fourth-order valence-electron chi connectivity index (χ4n) is 7.23. The molecule has 0 radical (unpaired) electrons. The molecule has 1 aliphatic rings. The van der Waals surface area contributed by atoms with Gasteiger partial charge in [0.25, 0.3) is 0 Å². The minimum atomic E-state index is -2.71. The lowest BCUT2D eigenvalue weighted by Crippen LogP contribution is -2.77. The minimum Gasteiger partial charge on any atom is -0.310 e. The van der Waals surface area contributed by atoms with E-state index >= 15 is 0 Å². The van der Waals surface area contributed by atoms with Crippen LogP contribution in [0.1, 0.15) is 5.69 Å². The maximum atomic E-state index is 9.94. The summed E-state index contributed by atoms with van der Waals surface area (Å²) in [5.74, 6) is 0. The van der Waals surface area contributed by atoms with Gasteiger partial charge in [0.05, 0.1) is 5.69 Å². The molecule has 0 aliphatic carbocycles. The number of rotatable bonds is 5. The first-order valence-corrected chi connectivity index (χ1v) is 17.5. The van der Waals surface area contributed by atoms with Crippen LogP contribution in [-0.4, -0.2) is 13.1 Å². The molecule has 0 amide bonds. The highest BCUT2D eigenvalue weighted by Gasteiger charge is 2.48. The highest BCUT2D eigenvalue weighted by molar-refractivity contribution is 7.21. The van der Waals surface area contributed by atoms with Crippen molar-refractivity contribution in [2.45, 2.75) is 0 Å². The summed E-state index contributed by atoms with van der Waals surface area (Å²) in [6.45, 7) is 0. The van der Waals surface area contributed by atoms with Gasteiger partial charge < -0.3 is 4.90 Å². The lowest BCUT2D eigenvalue weighted by atomic mass is 9.92. The van der Waals surface area contributed by atoms with Gasteiger partial charge in [-0.15, -0.1) is 0 Å². The van der Waals surface area contributed by atoms with Crippen molar-refractivity contribution in [2.24, 2.45) is 0 Å². The first-order valence-electron chi connectivity index (χ1n) is 15.5. The Morgan fingerprint density at radius 3 is 1.43 bits per heavy atom. The summed E-state index contributed by atoms with van der Waals surface area (Å²) in [5.41, 5.74) is 7.82. The van der Waals surface area contributed by atoms with Crippen molar-refractivity contribution >= 4 is 45.9 Å². The molecule has 7 aromatic rings. The molecule has 216 valence electrons. The van der Waals surface area contributed by atoms with E-state index in [0.29, 0.717) is 5.69 Å². The minimum absolute atomic E-state index is 0.419. The molecular weight excluding hydrogens is 575 g/mol. The molecule has 46 heavy (non-hydrogen) atoms. The Hall–Kier alpha value is -6.02. The highest BCUT2D eigenvalue weighted by Crippen LogP contribution is 2.45. The van der Waals surface area contributed by atoms with Gasteiger partial charge >= 0.3 is 0 Å². The van der Waals surface area contributed by atoms with Crippen LogP contribution in [-0.2, 0) is 0 Å². The van der Waals surface area contributed by atoms with Gasteiger partial charge in [-0.05, 0) is 62.2 Å². The van der Waals surface area contributed by atoms with Crippen LogP contribution in [0, 0.1) is 11.3 Å². The molecule has 0 saturated heterocycles. The van der Waals surface area contributed by atoms with Crippen molar-refractivity contribution < 1.29 is 0 Å². The van der Waals surface area contributed by atoms with Gasteiger partial charge in [-0.1, -0.05) is 140 Å². The van der Waals surface area contributed by atoms with Crippen molar-refractivity contribution in [1.82, 2.24) is 4.98 Å². The average Bonchev–Trinajstić information content (AvgIpc) is 3.14. The molecule has 8 rings (SSSR count). The van der Waals surface area contributed by atoms with Gasteiger partial charge in [0.1, 0.15) is 11.8 Å². The maximum Gasteiger partial charge on any atom is 0.184 e. The van der Waals surface area contributed by atoms with Crippen LogP contribution >= 0.6 is 0 Å². The average molecular weight is 604 g/mol. The van der Waals surface area contributed by atoms with Crippen LogP contribution in [0.4, 0.5) is 17.1 Å². The molecule has 0 spiro atoms. The largest absolute Gasteiger partial charge is 0.310 e. The van der Waals surface area contributed by atoms with E-state index in [-0.39, 0.29) is 0 Å². The number of pyridine rings is 1. The van der Waals surface area contributed by atoms with Crippen molar-refractivity contribution in [2.75, 3.05) is 4.90 Å². The molecule has 0 unspecified atom stereocenters. The second-order valence-corrected chi connectivity index (χ2v) is 15.2. The number of nitriles is 1. The second kappa shape index (κ2) is 11.5. The first-order chi connectivity index (χ1) is 22.8. The summed E-state index contributed by atoms with van der Waals surface area (Å²) >= 11 is 0. The summed E-state index contributed by atoms with van der Waals surface area (Å²) in [7, 11) is -2.71. The van der Waals surface area contributed by atoms with Gasteiger partial charge in [-0.2, -0.15) is 5.26 Å². The molecule has 4 heteroatoms. The normalized spacial score (nSPS) is 12.9. The van der Waals surface area contributed by atoms with Crippen LogP contribution in [0.15, 0.2) is 176 Å². The molecule has 0 atom stereocenters. The SMILES string of the molecule is N#Cc1ncccc1-c1ccccc1-c1ccccc1N1c2ccccc2[Si](c2ccccc2)(c2ccccc2)c2ccccc21. The lowest BCUT2D eigenvalue weighted by Gasteiger charge is -2.45. The van der Waals surface area contributed by atoms with Crippen LogP contribution in [0.5, 0.6) is 0 Å². The summed E-state index contributed by atoms with van der Waals surface area (Å²) in [4.78, 5) is 6.83. The quantitative estimate of drug-likeness (QED) is 0.192. The molecule has 1 aliphatic heterocycles. The smallest absolute Gasteiger partial charge is 0.184 e. The number of fused-ring (bicyclic) bond motifs is 2. The number of nitrogens with zero attached hydrogens (tertiary/aromatic N) is 3. The molecule has 2 heterocycles. The van der Waals surface area contributed by atoms with Crippen molar-refractivity contribution in [1.29, 1.82) is 5.26 Å². The Kier molecular flexibility index (Phi) is 6.87. The Labute approximate surface area is 270 Å². The van der Waals surface area contributed by atoms with Gasteiger partial charge in [0.2, 0.25) is 0 Å². The van der Waals surface area contributed by atoms with Crippen molar-refractivity contribution in [3.05, 3.63) is 182 Å². The standard InChI is InChI=1S/C42H29N3Si/c43-30-37-35(23-15-29-44-37)33-20-7-8-21-34(33)36-22-9-10-24-38(36)45-39-25-11-13-27-41(39)46(31-16-3-1-4-17-31,32-18-5-2-6-19-32)42-28-14-12-26-40(42)45/h1-29H. The molecular formula is C42H29N3Si. The zero-order chi connectivity index (χ0) is 30.9. The first kappa shape index (κ1) is 27.5. The van der Waals surface area contributed by atoms with E-state index in [1.807, 2.05) is 18.2 Å². The third-order valence-electron chi connectivity index (χ3n) is 9.08. The van der Waals surface area contributed by atoms with Crippen LogP contribution in [0.2, 0.25) is 0 Å². The molecule has 0 bridgehead atoms. The summed E-state index contributed by atoms with van der Waals surface area (Å²) in [6.07, 6.45) is 1.68. The molecule has 3 nitrogen and oxygen atoms in total. The monoisotopic (exact) mass is 603 g/mol. The number of anilines is 3. The Morgan fingerprint density at radius 1 is 0.435 bits per heavy atom. The van der Waals surface area contributed by atoms with Gasteiger partial charge in [-0.3, -0.25) is 0 Å². The fourth-order valence-corrected chi connectivity index (χ4v) is 12.3. The third-order valence-corrected chi connectivity index (χ3v) is 13.9. The zero-order valence-electron chi connectivity index (χ0n) is 25.1. The van der Waals surface area contributed by atoms with E-state index in [1.54, 1.807) is 6.20 Å². The molecule has 0 N–H and O–H groups in total.